The van der Waals surface area contributed by atoms with Crippen molar-refractivity contribution in [2.45, 2.75) is 45.1 Å². The Hall–Kier alpha value is -1.95. The summed E-state index contributed by atoms with van der Waals surface area (Å²) >= 11 is 0. The van der Waals surface area contributed by atoms with Gasteiger partial charge in [-0.15, -0.1) is 0 Å². The Kier molecular flexibility index (Phi) is 3.87. The molecule has 2 aromatic rings. The Morgan fingerprint density at radius 1 is 1.27 bits per heavy atom. The summed E-state index contributed by atoms with van der Waals surface area (Å²) in [5.41, 5.74) is 6.74. The van der Waals surface area contributed by atoms with Gasteiger partial charge in [-0.3, -0.25) is 0 Å². The molecule has 0 bridgehead atoms. The molecule has 1 fully saturated rings. The summed E-state index contributed by atoms with van der Waals surface area (Å²) in [6, 6.07) is 4.22. The molecule has 1 aliphatic rings. The largest absolute Gasteiger partial charge is 0.356 e. The second kappa shape index (κ2) is 5.68. The van der Waals surface area contributed by atoms with Gasteiger partial charge in [-0.25, -0.2) is 4.98 Å². The molecule has 118 valence electrons. The van der Waals surface area contributed by atoms with Crippen molar-refractivity contribution in [1.29, 1.82) is 0 Å². The second-order valence-corrected chi connectivity index (χ2v) is 6.90. The predicted octanol–water partition coefficient (Wildman–Crippen LogP) is 2.36. The highest BCUT2D eigenvalue weighted by atomic mass is 16.5. The molecule has 2 aromatic heterocycles. The van der Waals surface area contributed by atoms with Gasteiger partial charge in [0.05, 0.1) is 0 Å². The van der Waals surface area contributed by atoms with Gasteiger partial charge in [0.2, 0.25) is 0 Å². The maximum atomic E-state index is 5.96. The summed E-state index contributed by atoms with van der Waals surface area (Å²) in [5, 5.41) is 4.08. The van der Waals surface area contributed by atoms with Crippen molar-refractivity contribution in [1.82, 2.24) is 15.1 Å². The van der Waals surface area contributed by atoms with Crippen LogP contribution in [-0.2, 0) is 5.41 Å². The molecule has 0 saturated carbocycles. The van der Waals surface area contributed by atoms with Crippen LogP contribution in [0, 0.1) is 0 Å². The van der Waals surface area contributed by atoms with E-state index < -0.39 is 0 Å². The molecule has 0 atom stereocenters. The number of hydrogen-bond donors (Lipinski definition) is 1. The normalized spacial score (nSPS) is 17.0. The summed E-state index contributed by atoms with van der Waals surface area (Å²) in [5.74, 6) is 2.20. The van der Waals surface area contributed by atoms with Crippen molar-refractivity contribution in [3.8, 4) is 11.5 Å². The van der Waals surface area contributed by atoms with Gasteiger partial charge in [0.25, 0.3) is 5.89 Å². The maximum absolute atomic E-state index is 5.96. The lowest BCUT2D eigenvalue weighted by atomic mass is 9.96. The molecule has 0 unspecified atom stereocenters. The quantitative estimate of drug-likeness (QED) is 0.917. The summed E-state index contributed by atoms with van der Waals surface area (Å²) in [6.45, 7) is 8.08. The van der Waals surface area contributed by atoms with E-state index in [1.54, 1.807) is 6.20 Å². The number of rotatable bonds is 2. The van der Waals surface area contributed by atoms with Crippen LogP contribution >= 0.6 is 0 Å². The molecule has 6 heteroatoms. The molecular weight excluding hydrogens is 278 g/mol. The Bertz CT molecular complexity index is 638. The maximum Gasteiger partial charge on any atom is 0.258 e. The van der Waals surface area contributed by atoms with Crippen LogP contribution in [-0.4, -0.2) is 34.3 Å². The molecular formula is C16H23N5O. The fourth-order valence-electron chi connectivity index (χ4n) is 2.50. The van der Waals surface area contributed by atoms with E-state index in [2.05, 4.69) is 40.8 Å². The minimum absolute atomic E-state index is 0.124. The van der Waals surface area contributed by atoms with Crippen molar-refractivity contribution in [2.75, 3.05) is 18.0 Å². The van der Waals surface area contributed by atoms with E-state index in [1.807, 2.05) is 12.1 Å². The summed E-state index contributed by atoms with van der Waals surface area (Å²) in [6.07, 6.45) is 3.79. The van der Waals surface area contributed by atoms with Crippen molar-refractivity contribution in [3.63, 3.8) is 0 Å². The zero-order valence-corrected chi connectivity index (χ0v) is 13.4. The van der Waals surface area contributed by atoms with Crippen LogP contribution in [0.25, 0.3) is 11.5 Å². The first-order chi connectivity index (χ1) is 10.4. The number of nitrogens with zero attached hydrogens (tertiary/aromatic N) is 4. The topological polar surface area (TPSA) is 81.1 Å². The molecule has 3 heterocycles. The third kappa shape index (κ3) is 3.11. The van der Waals surface area contributed by atoms with E-state index in [0.717, 1.165) is 37.3 Å². The molecule has 1 saturated heterocycles. The third-order valence-corrected chi connectivity index (χ3v) is 3.95. The zero-order valence-electron chi connectivity index (χ0n) is 13.4. The number of pyridine rings is 1. The minimum Gasteiger partial charge on any atom is -0.356 e. The second-order valence-electron chi connectivity index (χ2n) is 6.90. The van der Waals surface area contributed by atoms with Gasteiger partial charge in [0, 0.05) is 36.3 Å². The molecule has 3 rings (SSSR count). The first kappa shape index (κ1) is 15.0. The van der Waals surface area contributed by atoms with Gasteiger partial charge in [-0.2, -0.15) is 4.98 Å². The van der Waals surface area contributed by atoms with Crippen LogP contribution in [0.4, 0.5) is 5.82 Å². The Morgan fingerprint density at radius 2 is 2.00 bits per heavy atom. The SMILES string of the molecule is CC(C)(C)c1noc(-c2ccnc(N3CCC(N)CC3)c2)n1. The average Bonchev–Trinajstić information content (AvgIpc) is 2.98. The highest BCUT2D eigenvalue weighted by Crippen LogP contribution is 2.26. The fourth-order valence-corrected chi connectivity index (χ4v) is 2.50. The molecule has 0 amide bonds. The van der Waals surface area contributed by atoms with E-state index in [-0.39, 0.29) is 5.41 Å². The molecule has 1 aliphatic heterocycles. The first-order valence-corrected chi connectivity index (χ1v) is 7.74. The fraction of sp³-hybridized carbons (Fsp3) is 0.562. The van der Waals surface area contributed by atoms with Crippen LogP contribution < -0.4 is 10.6 Å². The van der Waals surface area contributed by atoms with Crippen LogP contribution in [0.15, 0.2) is 22.9 Å². The summed E-state index contributed by atoms with van der Waals surface area (Å²) in [4.78, 5) is 11.2. The van der Waals surface area contributed by atoms with Crippen molar-refractivity contribution < 1.29 is 4.52 Å². The smallest absolute Gasteiger partial charge is 0.258 e. The molecule has 0 aromatic carbocycles. The van der Waals surface area contributed by atoms with Gasteiger partial charge >= 0.3 is 0 Å². The highest BCUT2D eigenvalue weighted by Gasteiger charge is 2.22. The number of aromatic nitrogens is 3. The lowest BCUT2D eigenvalue weighted by molar-refractivity contribution is 0.402. The van der Waals surface area contributed by atoms with E-state index in [4.69, 9.17) is 10.3 Å². The van der Waals surface area contributed by atoms with E-state index in [9.17, 15) is 0 Å². The molecule has 6 nitrogen and oxygen atoms in total. The van der Waals surface area contributed by atoms with Crippen molar-refractivity contribution in [2.24, 2.45) is 5.73 Å². The van der Waals surface area contributed by atoms with E-state index in [1.165, 1.54) is 0 Å². The van der Waals surface area contributed by atoms with Crippen LogP contribution in [0.2, 0.25) is 0 Å². The van der Waals surface area contributed by atoms with Crippen LogP contribution in [0.1, 0.15) is 39.4 Å². The summed E-state index contributed by atoms with van der Waals surface area (Å²) in [7, 11) is 0. The third-order valence-electron chi connectivity index (χ3n) is 3.95. The first-order valence-electron chi connectivity index (χ1n) is 7.74. The van der Waals surface area contributed by atoms with Crippen molar-refractivity contribution in [3.05, 3.63) is 24.2 Å². The lowest BCUT2D eigenvalue weighted by Crippen LogP contribution is -2.40. The average molecular weight is 301 g/mol. The molecule has 22 heavy (non-hydrogen) atoms. The number of hydrogen-bond acceptors (Lipinski definition) is 6. The minimum atomic E-state index is -0.124. The standard InChI is InChI=1S/C16H23N5O/c1-16(2,3)15-19-14(22-20-15)11-4-7-18-13(10-11)21-8-5-12(17)6-9-21/h4,7,10,12H,5-6,8-9,17H2,1-3H3. The van der Waals surface area contributed by atoms with Crippen LogP contribution in [0.3, 0.4) is 0 Å². The molecule has 0 radical (unpaired) electrons. The van der Waals surface area contributed by atoms with Crippen molar-refractivity contribution >= 4 is 5.82 Å². The molecule has 0 spiro atoms. The Morgan fingerprint density at radius 3 is 2.64 bits per heavy atom. The lowest BCUT2D eigenvalue weighted by Gasteiger charge is -2.31. The highest BCUT2D eigenvalue weighted by molar-refractivity contribution is 5.58. The van der Waals surface area contributed by atoms with E-state index in [0.29, 0.717) is 17.8 Å². The molecule has 0 aliphatic carbocycles. The van der Waals surface area contributed by atoms with Gasteiger partial charge in [0.15, 0.2) is 5.82 Å². The number of piperidine rings is 1. The monoisotopic (exact) mass is 301 g/mol. The van der Waals surface area contributed by atoms with Crippen LogP contribution in [0.5, 0.6) is 0 Å². The van der Waals surface area contributed by atoms with Gasteiger partial charge < -0.3 is 15.2 Å². The Labute approximate surface area is 130 Å². The van der Waals surface area contributed by atoms with Gasteiger partial charge in [0.1, 0.15) is 5.82 Å². The zero-order chi connectivity index (χ0) is 15.7. The Balaban J connectivity index is 1.83. The van der Waals surface area contributed by atoms with Gasteiger partial charge in [-0.1, -0.05) is 25.9 Å². The number of anilines is 1. The molecule has 2 N–H and O–H groups in total. The van der Waals surface area contributed by atoms with Gasteiger partial charge in [-0.05, 0) is 25.0 Å². The summed E-state index contributed by atoms with van der Waals surface area (Å²) < 4.78 is 5.41. The predicted molar refractivity (Wildman–Crippen MR) is 85.7 cm³/mol. The van der Waals surface area contributed by atoms with E-state index >= 15 is 0 Å². The number of nitrogens with two attached hydrogens (primary N) is 1.